The first-order valence-corrected chi connectivity index (χ1v) is 8.80. The number of amides is 2. The summed E-state index contributed by atoms with van der Waals surface area (Å²) < 4.78 is 5.36. The Hall–Kier alpha value is -3.02. The summed E-state index contributed by atoms with van der Waals surface area (Å²) in [5.74, 6) is -0.372. The Bertz CT molecular complexity index is 739. The van der Waals surface area contributed by atoms with Crippen LogP contribution < -0.4 is 15.0 Å². The number of para-hydroxylation sites is 1. The Morgan fingerprint density at radius 2 is 1.62 bits per heavy atom. The number of ether oxygens (including phenoxy) is 1. The van der Waals surface area contributed by atoms with Crippen molar-refractivity contribution in [2.75, 3.05) is 43.0 Å². The van der Waals surface area contributed by atoms with E-state index in [4.69, 9.17) is 4.74 Å². The number of rotatable bonds is 4. The second-order valence-electron chi connectivity index (χ2n) is 6.03. The zero-order chi connectivity index (χ0) is 18.4. The fourth-order valence-corrected chi connectivity index (χ4v) is 2.94. The molecule has 1 aliphatic heterocycles. The molecular formula is C20H23N3O3. The number of piperazine rings is 1. The van der Waals surface area contributed by atoms with Gasteiger partial charge in [-0.25, -0.2) is 0 Å². The fraction of sp³-hybridized carbons (Fsp3) is 0.300. The fourth-order valence-electron chi connectivity index (χ4n) is 2.94. The molecule has 1 aliphatic rings. The van der Waals surface area contributed by atoms with Gasteiger partial charge in [-0.1, -0.05) is 18.2 Å². The number of anilines is 2. The van der Waals surface area contributed by atoms with Crippen LogP contribution in [0, 0.1) is 0 Å². The lowest BCUT2D eigenvalue weighted by molar-refractivity contribution is -0.143. The van der Waals surface area contributed by atoms with Crippen molar-refractivity contribution in [2.45, 2.75) is 6.92 Å². The molecule has 2 amide bonds. The van der Waals surface area contributed by atoms with Crippen molar-refractivity contribution < 1.29 is 14.3 Å². The van der Waals surface area contributed by atoms with Crippen LogP contribution in [0.15, 0.2) is 54.6 Å². The van der Waals surface area contributed by atoms with Crippen LogP contribution in [0.3, 0.4) is 0 Å². The molecule has 1 heterocycles. The molecule has 1 N–H and O–H groups in total. The SMILES string of the molecule is CCOc1ccc(NC(=O)C(=O)N2CCN(c3ccccc3)CC2)cc1. The number of benzene rings is 2. The Kier molecular flexibility index (Phi) is 5.73. The highest BCUT2D eigenvalue weighted by Gasteiger charge is 2.26. The van der Waals surface area contributed by atoms with E-state index in [1.807, 2.05) is 25.1 Å². The highest BCUT2D eigenvalue weighted by atomic mass is 16.5. The summed E-state index contributed by atoms with van der Waals surface area (Å²) in [5, 5.41) is 2.65. The van der Waals surface area contributed by atoms with Crippen LogP contribution in [-0.4, -0.2) is 49.5 Å². The lowest BCUT2D eigenvalue weighted by Gasteiger charge is -2.35. The number of nitrogens with one attached hydrogen (secondary N) is 1. The number of hydrogen-bond acceptors (Lipinski definition) is 4. The number of carbonyl (C=O) groups excluding carboxylic acids is 2. The summed E-state index contributed by atoms with van der Waals surface area (Å²) in [6.07, 6.45) is 0. The van der Waals surface area contributed by atoms with Crippen molar-refractivity contribution in [2.24, 2.45) is 0 Å². The first-order chi connectivity index (χ1) is 12.7. The van der Waals surface area contributed by atoms with Crippen molar-refractivity contribution in [3.8, 4) is 5.75 Å². The molecule has 2 aromatic rings. The molecular weight excluding hydrogens is 330 g/mol. The minimum atomic E-state index is -0.609. The molecule has 3 rings (SSSR count). The van der Waals surface area contributed by atoms with Gasteiger partial charge < -0.3 is 19.9 Å². The van der Waals surface area contributed by atoms with Gasteiger partial charge in [0.25, 0.3) is 0 Å². The molecule has 0 aliphatic carbocycles. The Morgan fingerprint density at radius 1 is 0.962 bits per heavy atom. The summed E-state index contributed by atoms with van der Waals surface area (Å²) >= 11 is 0. The monoisotopic (exact) mass is 353 g/mol. The van der Waals surface area contributed by atoms with Crippen molar-refractivity contribution in [3.05, 3.63) is 54.6 Å². The van der Waals surface area contributed by atoms with Crippen LogP contribution in [0.1, 0.15) is 6.92 Å². The predicted octanol–water partition coefficient (Wildman–Crippen LogP) is 2.37. The zero-order valence-corrected chi connectivity index (χ0v) is 14.9. The topological polar surface area (TPSA) is 61.9 Å². The molecule has 0 aromatic heterocycles. The lowest BCUT2D eigenvalue weighted by atomic mass is 10.2. The third-order valence-electron chi connectivity index (χ3n) is 4.31. The Balaban J connectivity index is 1.52. The van der Waals surface area contributed by atoms with E-state index >= 15 is 0 Å². The molecule has 0 bridgehead atoms. The van der Waals surface area contributed by atoms with Crippen LogP contribution >= 0.6 is 0 Å². The summed E-state index contributed by atoms with van der Waals surface area (Å²) in [6, 6.07) is 17.1. The largest absolute Gasteiger partial charge is 0.494 e. The van der Waals surface area contributed by atoms with E-state index in [-0.39, 0.29) is 0 Å². The van der Waals surface area contributed by atoms with Crippen molar-refractivity contribution in [3.63, 3.8) is 0 Å². The van der Waals surface area contributed by atoms with Crippen LogP contribution in [0.2, 0.25) is 0 Å². The van der Waals surface area contributed by atoms with Gasteiger partial charge in [0.15, 0.2) is 0 Å². The smallest absolute Gasteiger partial charge is 0.313 e. The number of carbonyl (C=O) groups is 2. The van der Waals surface area contributed by atoms with Crippen molar-refractivity contribution in [1.29, 1.82) is 0 Å². The first kappa shape index (κ1) is 17.8. The van der Waals surface area contributed by atoms with Crippen molar-refractivity contribution >= 4 is 23.2 Å². The Morgan fingerprint density at radius 3 is 2.23 bits per heavy atom. The molecule has 1 fully saturated rings. The van der Waals surface area contributed by atoms with Gasteiger partial charge in [0.2, 0.25) is 0 Å². The number of hydrogen-bond donors (Lipinski definition) is 1. The van der Waals surface area contributed by atoms with Gasteiger partial charge in [0.05, 0.1) is 6.61 Å². The van der Waals surface area contributed by atoms with Gasteiger partial charge in [-0.3, -0.25) is 9.59 Å². The molecule has 2 aromatic carbocycles. The normalized spacial score (nSPS) is 14.0. The van der Waals surface area contributed by atoms with Gasteiger partial charge in [-0.15, -0.1) is 0 Å². The lowest BCUT2D eigenvalue weighted by Crippen LogP contribution is -2.51. The third kappa shape index (κ3) is 4.33. The quantitative estimate of drug-likeness (QED) is 0.858. The standard InChI is InChI=1S/C20H23N3O3/c1-2-26-18-10-8-16(9-11-18)21-19(24)20(25)23-14-12-22(13-15-23)17-6-4-3-5-7-17/h3-11H,2,12-15H2,1H3,(H,21,24). The van der Waals surface area contributed by atoms with Crippen molar-refractivity contribution in [1.82, 2.24) is 4.90 Å². The highest BCUT2D eigenvalue weighted by molar-refractivity contribution is 6.39. The molecule has 0 spiro atoms. The van der Waals surface area contributed by atoms with E-state index in [2.05, 4.69) is 22.3 Å². The third-order valence-corrected chi connectivity index (χ3v) is 4.31. The van der Waals surface area contributed by atoms with Crippen LogP contribution in [-0.2, 0) is 9.59 Å². The van der Waals surface area contributed by atoms with Gasteiger partial charge in [-0.05, 0) is 43.3 Å². The number of nitrogens with zero attached hydrogens (tertiary/aromatic N) is 2. The molecule has 6 nitrogen and oxygen atoms in total. The van der Waals surface area contributed by atoms with E-state index in [0.29, 0.717) is 38.5 Å². The summed E-state index contributed by atoms with van der Waals surface area (Å²) in [4.78, 5) is 28.4. The maximum absolute atomic E-state index is 12.4. The van der Waals surface area contributed by atoms with Crippen LogP contribution in [0.4, 0.5) is 11.4 Å². The second kappa shape index (κ2) is 8.38. The van der Waals surface area contributed by atoms with E-state index in [1.165, 1.54) is 0 Å². The van der Waals surface area contributed by atoms with E-state index in [9.17, 15) is 9.59 Å². The van der Waals surface area contributed by atoms with E-state index < -0.39 is 11.8 Å². The van der Waals surface area contributed by atoms with Crippen LogP contribution in [0.25, 0.3) is 0 Å². The zero-order valence-electron chi connectivity index (χ0n) is 14.9. The summed E-state index contributed by atoms with van der Waals surface area (Å²) in [7, 11) is 0. The first-order valence-electron chi connectivity index (χ1n) is 8.80. The molecule has 0 unspecified atom stereocenters. The van der Waals surface area contributed by atoms with Gasteiger partial charge in [0.1, 0.15) is 5.75 Å². The van der Waals surface area contributed by atoms with Crippen LogP contribution in [0.5, 0.6) is 5.75 Å². The molecule has 26 heavy (non-hydrogen) atoms. The van der Waals surface area contributed by atoms with E-state index in [1.54, 1.807) is 29.2 Å². The molecule has 1 saturated heterocycles. The molecule has 0 atom stereocenters. The minimum absolute atomic E-state index is 0.494. The summed E-state index contributed by atoms with van der Waals surface area (Å²) in [6.45, 7) is 4.98. The van der Waals surface area contributed by atoms with E-state index in [0.717, 1.165) is 11.4 Å². The molecule has 0 saturated carbocycles. The molecule has 6 heteroatoms. The van der Waals surface area contributed by atoms with Gasteiger partial charge >= 0.3 is 11.8 Å². The van der Waals surface area contributed by atoms with Gasteiger partial charge in [-0.2, -0.15) is 0 Å². The second-order valence-corrected chi connectivity index (χ2v) is 6.03. The molecule has 0 radical (unpaired) electrons. The summed E-state index contributed by atoms with van der Waals surface area (Å²) in [5.41, 5.74) is 1.72. The Labute approximate surface area is 153 Å². The minimum Gasteiger partial charge on any atom is -0.494 e. The average molecular weight is 353 g/mol. The highest BCUT2D eigenvalue weighted by Crippen LogP contribution is 2.17. The maximum atomic E-state index is 12.4. The predicted molar refractivity (Wildman–Crippen MR) is 101 cm³/mol. The van der Waals surface area contributed by atoms with Gasteiger partial charge in [0, 0.05) is 37.6 Å². The average Bonchev–Trinajstić information content (AvgIpc) is 2.70. The molecule has 136 valence electrons. The maximum Gasteiger partial charge on any atom is 0.313 e.